The Morgan fingerprint density at radius 3 is 2.61 bits per heavy atom. The summed E-state index contributed by atoms with van der Waals surface area (Å²) in [5.41, 5.74) is 4.47. The molecule has 1 aromatic rings. The number of sulfonamides is 1. The summed E-state index contributed by atoms with van der Waals surface area (Å²) in [6.07, 6.45) is 3.15. The van der Waals surface area contributed by atoms with Crippen LogP contribution in [0, 0.1) is 0 Å². The summed E-state index contributed by atoms with van der Waals surface area (Å²) in [7, 11) is -3.79. The van der Waals surface area contributed by atoms with E-state index in [1.54, 1.807) is 13.8 Å². The first-order valence-corrected chi connectivity index (χ1v) is 6.90. The van der Waals surface area contributed by atoms with Crippen LogP contribution in [0.5, 0.6) is 0 Å². The lowest BCUT2D eigenvalue weighted by atomic mass is 9.93. The molecule has 0 aliphatic carbocycles. The first kappa shape index (κ1) is 14.5. The minimum Gasteiger partial charge on any atom is -0.409 e. The molecule has 0 aliphatic heterocycles. The Hall–Kier alpha value is -1.61. The van der Waals surface area contributed by atoms with Gasteiger partial charge in [0.15, 0.2) is 10.9 Å². The van der Waals surface area contributed by atoms with E-state index in [0.717, 1.165) is 0 Å². The topological polar surface area (TPSA) is 133 Å². The molecule has 0 saturated heterocycles. The van der Waals surface area contributed by atoms with Gasteiger partial charge in [-0.05, 0) is 12.8 Å². The molecule has 18 heavy (non-hydrogen) atoms. The van der Waals surface area contributed by atoms with Gasteiger partial charge in [0.05, 0.1) is 18.1 Å². The fraction of sp³-hybridized carbons (Fsp3) is 0.556. The SMILES string of the molecule is CCC(CC)(NS(=O)(=O)c1cnc[nH]1)/C(N)=N\O. The van der Waals surface area contributed by atoms with Crippen molar-refractivity contribution in [2.75, 3.05) is 0 Å². The van der Waals surface area contributed by atoms with Gasteiger partial charge >= 0.3 is 0 Å². The lowest BCUT2D eigenvalue weighted by molar-refractivity contribution is 0.307. The molecule has 1 aromatic heterocycles. The molecular weight excluding hydrogens is 258 g/mol. The van der Waals surface area contributed by atoms with Gasteiger partial charge in [-0.25, -0.2) is 13.4 Å². The second kappa shape index (κ2) is 5.36. The fourth-order valence-electron chi connectivity index (χ4n) is 1.61. The van der Waals surface area contributed by atoms with Crippen LogP contribution in [0.4, 0.5) is 0 Å². The summed E-state index contributed by atoms with van der Waals surface area (Å²) in [5, 5.41) is 11.6. The van der Waals surface area contributed by atoms with Gasteiger partial charge in [0, 0.05) is 0 Å². The Kier molecular flexibility index (Phi) is 4.30. The summed E-state index contributed by atoms with van der Waals surface area (Å²) >= 11 is 0. The maximum absolute atomic E-state index is 12.1. The number of aromatic nitrogens is 2. The van der Waals surface area contributed by atoms with E-state index in [9.17, 15) is 8.42 Å². The Morgan fingerprint density at radius 2 is 2.22 bits per heavy atom. The molecule has 1 heterocycles. The number of oxime groups is 1. The molecule has 0 amide bonds. The predicted molar refractivity (Wildman–Crippen MR) is 65.6 cm³/mol. The zero-order chi connectivity index (χ0) is 13.8. The third-order valence-electron chi connectivity index (χ3n) is 2.90. The van der Waals surface area contributed by atoms with Crippen LogP contribution >= 0.6 is 0 Å². The molecule has 9 heteroatoms. The first-order valence-electron chi connectivity index (χ1n) is 5.42. The first-order chi connectivity index (χ1) is 8.41. The van der Waals surface area contributed by atoms with Gasteiger partial charge in [-0.15, -0.1) is 0 Å². The molecule has 0 atom stereocenters. The van der Waals surface area contributed by atoms with Crippen LogP contribution in [0.2, 0.25) is 0 Å². The second-order valence-corrected chi connectivity index (χ2v) is 5.45. The van der Waals surface area contributed by atoms with Crippen molar-refractivity contribution in [1.82, 2.24) is 14.7 Å². The number of amidine groups is 1. The molecule has 0 radical (unpaired) electrons. The minimum atomic E-state index is -3.79. The highest BCUT2D eigenvalue weighted by molar-refractivity contribution is 7.89. The number of rotatable bonds is 6. The van der Waals surface area contributed by atoms with Crippen LogP contribution < -0.4 is 10.5 Å². The molecule has 0 aromatic carbocycles. The number of imidazole rings is 1. The maximum Gasteiger partial charge on any atom is 0.258 e. The smallest absolute Gasteiger partial charge is 0.258 e. The predicted octanol–water partition coefficient (Wildman–Crippen LogP) is -0.00680. The molecule has 0 bridgehead atoms. The van der Waals surface area contributed by atoms with Crippen LogP contribution in [0.25, 0.3) is 0 Å². The van der Waals surface area contributed by atoms with Crippen molar-refractivity contribution in [1.29, 1.82) is 0 Å². The molecule has 0 fully saturated rings. The molecule has 0 saturated carbocycles. The number of nitrogens with one attached hydrogen (secondary N) is 2. The van der Waals surface area contributed by atoms with Crippen LogP contribution in [0.1, 0.15) is 26.7 Å². The Morgan fingerprint density at radius 1 is 1.61 bits per heavy atom. The summed E-state index contributed by atoms with van der Waals surface area (Å²) in [6.45, 7) is 3.49. The van der Waals surface area contributed by atoms with E-state index in [2.05, 4.69) is 19.8 Å². The van der Waals surface area contributed by atoms with E-state index in [1.807, 2.05) is 0 Å². The number of H-pyrrole nitrogens is 1. The van der Waals surface area contributed by atoms with Gasteiger partial charge < -0.3 is 15.9 Å². The van der Waals surface area contributed by atoms with Crippen molar-refractivity contribution in [2.45, 2.75) is 37.3 Å². The van der Waals surface area contributed by atoms with Crippen LogP contribution in [0.15, 0.2) is 22.7 Å². The van der Waals surface area contributed by atoms with Gasteiger partial charge in [0.1, 0.15) is 0 Å². The lowest BCUT2D eigenvalue weighted by Gasteiger charge is -2.30. The van der Waals surface area contributed by atoms with E-state index < -0.39 is 15.6 Å². The average molecular weight is 275 g/mol. The molecule has 102 valence electrons. The van der Waals surface area contributed by atoms with Gasteiger partial charge in [-0.3, -0.25) is 0 Å². The molecule has 0 unspecified atom stereocenters. The third kappa shape index (κ3) is 2.62. The number of aromatic amines is 1. The Labute approximate surface area is 105 Å². The fourth-order valence-corrected chi connectivity index (χ4v) is 3.03. The molecular formula is C9H17N5O3S. The number of hydrogen-bond donors (Lipinski definition) is 4. The van der Waals surface area contributed by atoms with Gasteiger partial charge in [0.2, 0.25) is 0 Å². The van der Waals surface area contributed by atoms with Gasteiger partial charge in [-0.2, -0.15) is 4.72 Å². The summed E-state index contributed by atoms with van der Waals surface area (Å²) in [4.78, 5) is 6.15. The van der Waals surface area contributed by atoms with E-state index in [1.165, 1.54) is 12.5 Å². The highest BCUT2D eigenvalue weighted by atomic mass is 32.2. The zero-order valence-electron chi connectivity index (χ0n) is 10.2. The van der Waals surface area contributed by atoms with Gasteiger partial charge in [-0.1, -0.05) is 19.0 Å². The van der Waals surface area contributed by atoms with E-state index in [0.29, 0.717) is 12.8 Å². The zero-order valence-corrected chi connectivity index (χ0v) is 11.0. The number of hydrogen-bond acceptors (Lipinski definition) is 5. The maximum atomic E-state index is 12.1. The average Bonchev–Trinajstić information content (AvgIpc) is 2.89. The summed E-state index contributed by atoms with van der Waals surface area (Å²) in [5.74, 6) is -0.171. The Bertz CT molecular complexity index is 504. The standard InChI is InChI=1S/C9H17N5O3S/c1-3-9(4-2,8(10)13-15)14-18(16,17)7-5-11-6-12-7/h5-6,14-15H,3-4H2,1-2H3,(H2,10,13)(H,11,12). The number of nitrogens with zero attached hydrogens (tertiary/aromatic N) is 2. The number of nitrogens with two attached hydrogens (primary N) is 1. The van der Waals surface area contributed by atoms with Crippen molar-refractivity contribution >= 4 is 15.9 Å². The van der Waals surface area contributed by atoms with Crippen molar-refractivity contribution in [2.24, 2.45) is 10.9 Å². The van der Waals surface area contributed by atoms with Gasteiger partial charge in [0.25, 0.3) is 10.0 Å². The van der Waals surface area contributed by atoms with Crippen molar-refractivity contribution in [3.63, 3.8) is 0 Å². The summed E-state index contributed by atoms with van der Waals surface area (Å²) < 4.78 is 26.6. The monoisotopic (exact) mass is 275 g/mol. The molecule has 0 aliphatic rings. The summed E-state index contributed by atoms with van der Waals surface area (Å²) in [6, 6.07) is 0. The quantitative estimate of drug-likeness (QED) is 0.251. The highest BCUT2D eigenvalue weighted by Gasteiger charge is 2.36. The van der Waals surface area contributed by atoms with Crippen LogP contribution in [-0.4, -0.2) is 35.0 Å². The van der Waals surface area contributed by atoms with Crippen molar-refractivity contribution in [3.8, 4) is 0 Å². The van der Waals surface area contributed by atoms with E-state index >= 15 is 0 Å². The lowest BCUT2D eigenvalue weighted by Crippen LogP contribution is -2.56. The third-order valence-corrected chi connectivity index (χ3v) is 4.36. The largest absolute Gasteiger partial charge is 0.409 e. The van der Waals surface area contributed by atoms with E-state index in [-0.39, 0.29) is 10.9 Å². The van der Waals surface area contributed by atoms with Crippen LogP contribution in [0.3, 0.4) is 0 Å². The highest BCUT2D eigenvalue weighted by Crippen LogP contribution is 2.19. The molecule has 5 N–H and O–H groups in total. The molecule has 1 rings (SSSR count). The van der Waals surface area contributed by atoms with Crippen molar-refractivity contribution < 1.29 is 13.6 Å². The Balaban J connectivity index is 3.13. The van der Waals surface area contributed by atoms with Crippen LogP contribution in [-0.2, 0) is 10.0 Å². The molecule has 0 spiro atoms. The second-order valence-electron chi connectivity index (χ2n) is 3.80. The minimum absolute atomic E-state index is 0.0699. The molecule has 8 nitrogen and oxygen atoms in total. The van der Waals surface area contributed by atoms with Crippen molar-refractivity contribution in [3.05, 3.63) is 12.5 Å². The normalized spacial score (nSPS) is 13.8. The van der Waals surface area contributed by atoms with E-state index in [4.69, 9.17) is 10.9 Å².